The molecule has 0 fully saturated rings. The van der Waals surface area contributed by atoms with Crippen molar-refractivity contribution in [3.63, 3.8) is 0 Å². The van der Waals surface area contributed by atoms with Crippen LogP contribution >= 0.6 is 0 Å². The number of rotatable bonds is 5. The van der Waals surface area contributed by atoms with Gasteiger partial charge in [-0.3, -0.25) is 0 Å². The van der Waals surface area contributed by atoms with E-state index in [4.69, 9.17) is 4.74 Å². The molecular formula is C39H28O. The molecule has 0 bridgehead atoms. The van der Waals surface area contributed by atoms with Gasteiger partial charge in [0.2, 0.25) is 0 Å². The van der Waals surface area contributed by atoms with Gasteiger partial charge in [-0.15, -0.1) is 0 Å². The van der Waals surface area contributed by atoms with E-state index < -0.39 is 0 Å². The van der Waals surface area contributed by atoms with E-state index in [1.807, 2.05) is 6.07 Å². The number of hydrogen-bond donors (Lipinski definition) is 0. The van der Waals surface area contributed by atoms with Crippen LogP contribution in [-0.4, -0.2) is 7.11 Å². The zero-order valence-electron chi connectivity index (χ0n) is 22.3. The maximum absolute atomic E-state index is 5.38. The largest absolute Gasteiger partial charge is 0.497 e. The smallest absolute Gasteiger partial charge is 0.119 e. The SMILES string of the molecule is COc1ccc2cc(-c3cccc(-c4ccc(-c5cccc(-c6ccc7ccccc7c6)c5)cc4)c3)ccc2c1. The summed E-state index contributed by atoms with van der Waals surface area (Å²) < 4.78 is 5.38. The summed E-state index contributed by atoms with van der Waals surface area (Å²) in [4.78, 5) is 0. The maximum Gasteiger partial charge on any atom is 0.119 e. The molecule has 7 aromatic carbocycles. The second kappa shape index (κ2) is 10.2. The van der Waals surface area contributed by atoms with Crippen LogP contribution in [0.15, 0.2) is 152 Å². The van der Waals surface area contributed by atoms with Crippen molar-refractivity contribution >= 4 is 21.5 Å². The highest BCUT2D eigenvalue weighted by molar-refractivity contribution is 5.90. The second-order valence-electron chi connectivity index (χ2n) is 10.2. The van der Waals surface area contributed by atoms with Crippen LogP contribution in [0.5, 0.6) is 5.75 Å². The van der Waals surface area contributed by atoms with E-state index in [9.17, 15) is 0 Å². The third kappa shape index (κ3) is 4.63. The summed E-state index contributed by atoms with van der Waals surface area (Å²) in [5.74, 6) is 0.881. The highest BCUT2D eigenvalue weighted by atomic mass is 16.5. The Labute approximate surface area is 235 Å². The predicted molar refractivity (Wildman–Crippen MR) is 170 cm³/mol. The standard InChI is InChI=1S/C39H28O/c1-40-39-21-20-37-25-36(18-19-38(37)26-39)34-11-5-9-32(23-34)29-14-12-28(13-15-29)31-8-4-10-33(22-31)35-17-16-27-6-2-3-7-30(27)24-35/h2-26H,1H3. The zero-order chi connectivity index (χ0) is 26.9. The molecule has 0 saturated carbocycles. The van der Waals surface area contributed by atoms with Crippen molar-refractivity contribution < 1.29 is 4.74 Å². The Bertz CT molecular complexity index is 1980. The highest BCUT2D eigenvalue weighted by Gasteiger charge is 2.07. The Balaban J connectivity index is 1.16. The lowest BCUT2D eigenvalue weighted by Gasteiger charge is -2.10. The average Bonchev–Trinajstić information content (AvgIpc) is 3.04. The molecule has 0 aliphatic rings. The van der Waals surface area contributed by atoms with E-state index in [0.717, 1.165) is 5.75 Å². The first-order chi connectivity index (χ1) is 19.7. The minimum Gasteiger partial charge on any atom is -0.497 e. The summed E-state index contributed by atoms with van der Waals surface area (Å²) in [7, 11) is 1.71. The Morgan fingerprint density at radius 3 is 1.27 bits per heavy atom. The lowest BCUT2D eigenvalue weighted by Crippen LogP contribution is -1.85. The van der Waals surface area contributed by atoms with Gasteiger partial charge in [0, 0.05) is 0 Å². The molecule has 0 heterocycles. The molecule has 0 saturated heterocycles. The molecule has 0 N–H and O–H groups in total. The Hall–Kier alpha value is -5.14. The lowest BCUT2D eigenvalue weighted by molar-refractivity contribution is 0.415. The lowest BCUT2D eigenvalue weighted by atomic mass is 9.95. The number of methoxy groups -OCH3 is 1. The number of fused-ring (bicyclic) bond motifs is 2. The van der Waals surface area contributed by atoms with Crippen LogP contribution in [0.3, 0.4) is 0 Å². The normalized spacial score (nSPS) is 11.1. The van der Waals surface area contributed by atoms with Crippen molar-refractivity contribution in [3.8, 4) is 50.3 Å². The van der Waals surface area contributed by atoms with Crippen molar-refractivity contribution in [2.45, 2.75) is 0 Å². The molecule has 0 aliphatic carbocycles. The van der Waals surface area contributed by atoms with Crippen molar-refractivity contribution in [1.82, 2.24) is 0 Å². The molecule has 0 unspecified atom stereocenters. The molecule has 0 spiro atoms. The van der Waals surface area contributed by atoms with Crippen LogP contribution in [0.2, 0.25) is 0 Å². The first kappa shape index (κ1) is 23.9. The summed E-state index contributed by atoms with van der Waals surface area (Å²) in [6.45, 7) is 0. The Morgan fingerprint density at radius 1 is 0.300 bits per heavy atom. The van der Waals surface area contributed by atoms with Gasteiger partial charge < -0.3 is 4.74 Å². The van der Waals surface area contributed by atoms with Gasteiger partial charge in [0.15, 0.2) is 0 Å². The summed E-state index contributed by atoms with van der Waals surface area (Å²) in [6.07, 6.45) is 0. The van der Waals surface area contributed by atoms with Crippen LogP contribution in [0.4, 0.5) is 0 Å². The number of benzene rings is 7. The molecule has 0 atom stereocenters. The van der Waals surface area contributed by atoms with E-state index in [1.165, 1.54) is 66.1 Å². The van der Waals surface area contributed by atoms with Gasteiger partial charge in [-0.05, 0) is 102 Å². The van der Waals surface area contributed by atoms with Crippen molar-refractivity contribution in [1.29, 1.82) is 0 Å². The van der Waals surface area contributed by atoms with E-state index in [0.29, 0.717) is 0 Å². The summed E-state index contributed by atoms with van der Waals surface area (Å²) >= 11 is 0. The maximum atomic E-state index is 5.38. The van der Waals surface area contributed by atoms with Gasteiger partial charge in [-0.1, -0.05) is 115 Å². The van der Waals surface area contributed by atoms with Crippen LogP contribution in [-0.2, 0) is 0 Å². The molecule has 0 radical (unpaired) electrons. The molecular weight excluding hydrogens is 484 g/mol. The van der Waals surface area contributed by atoms with Crippen LogP contribution < -0.4 is 4.74 Å². The molecule has 7 aromatic rings. The predicted octanol–water partition coefficient (Wildman–Crippen LogP) is 10.7. The second-order valence-corrected chi connectivity index (χ2v) is 10.2. The summed E-state index contributed by atoms with van der Waals surface area (Å²) in [6, 6.07) is 54.5. The zero-order valence-corrected chi connectivity index (χ0v) is 22.3. The fourth-order valence-corrected chi connectivity index (χ4v) is 5.51. The number of hydrogen-bond acceptors (Lipinski definition) is 1. The van der Waals surface area contributed by atoms with Gasteiger partial charge in [0.25, 0.3) is 0 Å². The minimum absolute atomic E-state index is 0.881. The highest BCUT2D eigenvalue weighted by Crippen LogP contribution is 2.32. The van der Waals surface area contributed by atoms with E-state index in [1.54, 1.807) is 7.11 Å². The molecule has 1 heteroatoms. The van der Waals surface area contributed by atoms with E-state index >= 15 is 0 Å². The molecule has 40 heavy (non-hydrogen) atoms. The molecule has 0 amide bonds. The van der Waals surface area contributed by atoms with E-state index in [-0.39, 0.29) is 0 Å². The van der Waals surface area contributed by atoms with Crippen molar-refractivity contribution in [2.75, 3.05) is 7.11 Å². The van der Waals surface area contributed by atoms with Gasteiger partial charge in [0.1, 0.15) is 5.75 Å². The molecule has 0 aliphatic heterocycles. The summed E-state index contributed by atoms with van der Waals surface area (Å²) in [5.41, 5.74) is 9.75. The van der Waals surface area contributed by atoms with Crippen molar-refractivity contribution in [2.24, 2.45) is 0 Å². The fourth-order valence-electron chi connectivity index (χ4n) is 5.51. The van der Waals surface area contributed by atoms with Gasteiger partial charge in [0.05, 0.1) is 7.11 Å². The molecule has 7 rings (SSSR count). The van der Waals surface area contributed by atoms with Crippen molar-refractivity contribution in [3.05, 3.63) is 152 Å². The first-order valence-corrected chi connectivity index (χ1v) is 13.6. The van der Waals surface area contributed by atoms with Gasteiger partial charge >= 0.3 is 0 Å². The minimum atomic E-state index is 0.881. The topological polar surface area (TPSA) is 9.23 Å². The van der Waals surface area contributed by atoms with Gasteiger partial charge in [-0.2, -0.15) is 0 Å². The monoisotopic (exact) mass is 512 g/mol. The molecule has 0 aromatic heterocycles. The fraction of sp³-hybridized carbons (Fsp3) is 0.0256. The Morgan fingerprint density at radius 2 is 0.700 bits per heavy atom. The third-order valence-corrected chi connectivity index (χ3v) is 7.74. The quantitative estimate of drug-likeness (QED) is 0.223. The van der Waals surface area contributed by atoms with Crippen LogP contribution in [0.1, 0.15) is 0 Å². The molecule has 1 nitrogen and oxygen atoms in total. The average molecular weight is 513 g/mol. The summed E-state index contributed by atoms with van der Waals surface area (Å²) in [5, 5.41) is 4.92. The Kier molecular flexibility index (Phi) is 6.11. The molecule has 190 valence electrons. The van der Waals surface area contributed by atoms with Crippen LogP contribution in [0.25, 0.3) is 66.1 Å². The van der Waals surface area contributed by atoms with Gasteiger partial charge in [-0.25, -0.2) is 0 Å². The van der Waals surface area contributed by atoms with Crippen LogP contribution in [0, 0.1) is 0 Å². The third-order valence-electron chi connectivity index (χ3n) is 7.74. The first-order valence-electron chi connectivity index (χ1n) is 13.6. The number of ether oxygens (including phenoxy) is 1. The van der Waals surface area contributed by atoms with E-state index in [2.05, 4.69) is 146 Å².